The number of nitrogens with one attached hydrogen (secondary N) is 1. The lowest BCUT2D eigenvalue weighted by atomic mass is 10.0. The highest BCUT2D eigenvalue weighted by molar-refractivity contribution is 5.91. The number of nitrogens with zero attached hydrogens (tertiary/aromatic N) is 1. The average Bonchev–Trinajstić information content (AvgIpc) is 3.18. The third-order valence-electron chi connectivity index (χ3n) is 4.26. The van der Waals surface area contributed by atoms with Crippen molar-refractivity contribution in [1.82, 2.24) is 10.2 Å². The van der Waals surface area contributed by atoms with Crippen molar-refractivity contribution in [1.29, 1.82) is 0 Å². The molecule has 2 amide bonds. The third kappa shape index (κ3) is 4.86. The fraction of sp³-hybridized carbons (Fsp3) is 0.368. The average molecular weight is 342 g/mol. The number of ether oxygens (including phenoxy) is 1. The maximum atomic E-state index is 12.2. The first-order valence-corrected chi connectivity index (χ1v) is 8.52. The summed E-state index contributed by atoms with van der Waals surface area (Å²) in [5.74, 6) is 0.976. The van der Waals surface area contributed by atoms with E-state index in [1.54, 1.807) is 12.1 Å². The molecule has 132 valence electrons. The monoisotopic (exact) mass is 342 g/mol. The summed E-state index contributed by atoms with van der Waals surface area (Å²) in [6.07, 6.45) is 3.33. The molecule has 1 aromatic heterocycles. The van der Waals surface area contributed by atoms with Crippen LogP contribution in [-0.4, -0.2) is 42.5 Å². The Kier molecular flexibility index (Phi) is 5.72. The number of furan rings is 1. The van der Waals surface area contributed by atoms with Gasteiger partial charge < -0.3 is 19.4 Å². The van der Waals surface area contributed by atoms with Crippen molar-refractivity contribution in [3.8, 4) is 5.75 Å². The fourth-order valence-electron chi connectivity index (χ4n) is 2.87. The maximum absolute atomic E-state index is 12.2. The first kappa shape index (κ1) is 17.1. The predicted octanol–water partition coefficient (Wildman–Crippen LogP) is 2.47. The Morgan fingerprint density at radius 2 is 1.88 bits per heavy atom. The Balaban J connectivity index is 1.36. The van der Waals surface area contributed by atoms with Crippen molar-refractivity contribution in [3.05, 3.63) is 54.5 Å². The molecule has 6 heteroatoms. The smallest absolute Gasteiger partial charge is 0.287 e. The van der Waals surface area contributed by atoms with E-state index in [2.05, 4.69) is 5.32 Å². The minimum Gasteiger partial charge on any atom is -0.493 e. The number of carbonyl (C=O) groups is 2. The zero-order valence-electron chi connectivity index (χ0n) is 14.0. The zero-order chi connectivity index (χ0) is 17.5. The Bertz CT molecular complexity index is 677. The predicted molar refractivity (Wildman–Crippen MR) is 92.3 cm³/mol. The topological polar surface area (TPSA) is 71.8 Å². The molecule has 0 saturated carbocycles. The van der Waals surface area contributed by atoms with Crippen LogP contribution in [0.25, 0.3) is 0 Å². The largest absolute Gasteiger partial charge is 0.493 e. The fourth-order valence-corrected chi connectivity index (χ4v) is 2.87. The lowest BCUT2D eigenvalue weighted by molar-refractivity contribution is -0.132. The number of likely N-dealkylation sites (tertiary alicyclic amines) is 1. The minimum atomic E-state index is -0.203. The van der Waals surface area contributed by atoms with Crippen LogP contribution in [0.1, 0.15) is 29.8 Å². The van der Waals surface area contributed by atoms with E-state index < -0.39 is 0 Å². The van der Waals surface area contributed by atoms with Gasteiger partial charge in [-0.2, -0.15) is 0 Å². The lowest BCUT2D eigenvalue weighted by Crippen LogP contribution is -2.46. The van der Waals surface area contributed by atoms with Gasteiger partial charge in [0.1, 0.15) is 5.75 Å². The number of amides is 2. The molecular formula is C19H22N2O4. The first-order chi connectivity index (χ1) is 12.2. The Labute approximate surface area is 146 Å². The number of carbonyl (C=O) groups excluding carboxylic acids is 2. The van der Waals surface area contributed by atoms with Crippen LogP contribution in [0.15, 0.2) is 53.1 Å². The van der Waals surface area contributed by atoms with Crippen molar-refractivity contribution in [2.45, 2.75) is 25.3 Å². The molecule has 6 nitrogen and oxygen atoms in total. The summed E-state index contributed by atoms with van der Waals surface area (Å²) in [6, 6.07) is 12.9. The quantitative estimate of drug-likeness (QED) is 0.875. The molecule has 2 heterocycles. The number of hydrogen-bond donors (Lipinski definition) is 1. The van der Waals surface area contributed by atoms with E-state index in [4.69, 9.17) is 9.15 Å². The second-order valence-corrected chi connectivity index (χ2v) is 6.02. The second-order valence-electron chi connectivity index (χ2n) is 6.02. The van der Waals surface area contributed by atoms with E-state index in [9.17, 15) is 9.59 Å². The van der Waals surface area contributed by atoms with Gasteiger partial charge in [-0.05, 0) is 37.1 Å². The van der Waals surface area contributed by atoms with E-state index in [1.807, 2.05) is 35.2 Å². The zero-order valence-corrected chi connectivity index (χ0v) is 14.0. The van der Waals surface area contributed by atoms with Crippen LogP contribution in [0.4, 0.5) is 0 Å². The Morgan fingerprint density at radius 3 is 2.56 bits per heavy atom. The van der Waals surface area contributed by atoms with E-state index >= 15 is 0 Å². The summed E-state index contributed by atoms with van der Waals surface area (Å²) in [6.45, 7) is 1.67. The molecule has 1 aromatic carbocycles. The molecule has 1 aliphatic heterocycles. The van der Waals surface area contributed by atoms with Gasteiger partial charge >= 0.3 is 0 Å². The number of piperidine rings is 1. The van der Waals surface area contributed by atoms with Crippen LogP contribution in [0, 0.1) is 0 Å². The van der Waals surface area contributed by atoms with Crippen LogP contribution in [0.5, 0.6) is 5.75 Å². The number of hydrogen-bond acceptors (Lipinski definition) is 4. The molecule has 0 unspecified atom stereocenters. The molecule has 1 N–H and O–H groups in total. The normalized spacial score (nSPS) is 15.0. The molecule has 1 saturated heterocycles. The van der Waals surface area contributed by atoms with Crippen LogP contribution in [0.3, 0.4) is 0 Å². The molecule has 0 radical (unpaired) electrons. The summed E-state index contributed by atoms with van der Waals surface area (Å²) >= 11 is 0. The molecule has 1 fully saturated rings. The summed E-state index contributed by atoms with van der Waals surface area (Å²) in [4.78, 5) is 26.0. The van der Waals surface area contributed by atoms with Gasteiger partial charge in [0, 0.05) is 19.1 Å². The molecule has 25 heavy (non-hydrogen) atoms. The van der Waals surface area contributed by atoms with Crippen LogP contribution >= 0.6 is 0 Å². The van der Waals surface area contributed by atoms with E-state index in [-0.39, 0.29) is 17.9 Å². The molecule has 0 atom stereocenters. The minimum absolute atomic E-state index is 0.0715. The molecule has 0 spiro atoms. The molecule has 1 aliphatic rings. The highest BCUT2D eigenvalue weighted by atomic mass is 16.5. The summed E-state index contributed by atoms with van der Waals surface area (Å²) < 4.78 is 10.7. The van der Waals surface area contributed by atoms with Crippen LogP contribution in [-0.2, 0) is 4.79 Å². The highest BCUT2D eigenvalue weighted by Crippen LogP contribution is 2.14. The van der Waals surface area contributed by atoms with E-state index in [0.717, 1.165) is 18.6 Å². The van der Waals surface area contributed by atoms with Crippen molar-refractivity contribution >= 4 is 11.8 Å². The van der Waals surface area contributed by atoms with E-state index in [1.165, 1.54) is 6.26 Å². The number of rotatable bonds is 6. The van der Waals surface area contributed by atoms with Gasteiger partial charge in [-0.15, -0.1) is 0 Å². The lowest BCUT2D eigenvalue weighted by Gasteiger charge is -2.32. The summed E-state index contributed by atoms with van der Waals surface area (Å²) in [7, 11) is 0. The van der Waals surface area contributed by atoms with Crippen molar-refractivity contribution in [2.75, 3.05) is 19.7 Å². The summed E-state index contributed by atoms with van der Waals surface area (Å²) in [5, 5.41) is 2.95. The van der Waals surface area contributed by atoms with Gasteiger partial charge in [-0.25, -0.2) is 0 Å². The van der Waals surface area contributed by atoms with Crippen molar-refractivity contribution in [2.24, 2.45) is 0 Å². The van der Waals surface area contributed by atoms with Gasteiger partial charge in [0.15, 0.2) is 5.76 Å². The Hall–Kier alpha value is -2.76. The van der Waals surface area contributed by atoms with Gasteiger partial charge in [0.2, 0.25) is 5.91 Å². The maximum Gasteiger partial charge on any atom is 0.287 e. The van der Waals surface area contributed by atoms with Gasteiger partial charge in [-0.3, -0.25) is 9.59 Å². The van der Waals surface area contributed by atoms with Crippen LogP contribution < -0.4 is 10.1 Å². The van der Waals surface area contributed by atoms with Crippen LogP contribution in [0.2, 0.25) is 0 Å². The SMILES string of the molecule is O=C(NC1CCN(C(=O)CCOc2ccccc2)CC1)c1ccco1. The highest BCUT2D eigenvalue weighted by Gasteiger charge is 2.24. The molecule has 0 bridgehead atoms. The standard InChI is InChI=1S/C19H22N2O4/c22-18(10-14-24-16-5-2-1-3-6-16)21-11-8-15(9-12-21)20-19(23)17-7-4-13-25-17/h1-7,13,15H,8-12,14H2,(H,20,23). The molecular weight excluding hydrogens is 320 g/mol. The molecule has 3 rings (SSSR count). The second kappa shape index (κ2) is 8.37. The Morgan fingerprint density at radius 1 is 1.12 bits per heavy atom. The van der Waals surface area contributed by atoms with Gasteiger partial charge in [0.05, 0.1) is 19.3 Å². The molecule has 0 aliphatic carbocycles. The van der Waals surface area contributed by atoms with E-state index in [0.29, 0.717) is 31.9 Å². The van der Waals surface area contributed by atoms with Gasteiger partial charge in [0.25, 0.3) is 5.91 Å². The number of benzene rings is 1. The van der Waals surface area contributed by atoms with Gasteiger partial charge in [-0.1, -0.05) is 18.2 Å². The third-order valence-corrected chi connectivity index (χ3v) is 4.26. The van der Waals surface area contributed by atoms with Crippen molar-refractivity contribution < 1.29 is 18.7 Å². The molecule has 2 aromatic rings. The first-order valence-electron chi connectivity index (χ1n) is 8.52. The summed E-state index contributed by atoms with van der Waals surface area (Å²) in [5.41, 5.74) is 0. The number of para-hydroxylation sites is 1. The van der Waals surface area contributed by atoms with Crippen molar-refractivity contribution in [3.63, 3.8) is 0 Å².